The highest BCUT2D eigenvalue weighted by Crippen LogP contribution is 2.28. The number of rotatable bonds is 7. The van der Waals surface area contributed by atoms with Gasteiger partial charge in [0.2, 0.25) is 0 Å². The summed E-state index contributed by atoms with van der Waals surface area (Å²) in [4.78, 5) is 11.5. The molecule has 0 unspecified atom stereocenters. The molecular formula is C23H18ClN3O4S. The average Bonchev–Trinajstić information content (AvgIpc) is 3.22. The van der Waals surface area contributed by atoms with Crippen molar-refractivity contribution in [2.75, 3.05) is 4.72 Å². The number of carboxylic acids is 1. The van der Waals surface area contributed by atoms with E-state index in [4.69, 9.17) is 11.6 Å². The Balaban J connectivity index is 1.61. The average molecular weight is 468 g/mol. The molecular weight excluding hydrogens is 450 g/mol. The molecule has 0 saturated carbocycles. The molecule has 4 aromatic rings. The second-order valence-electron chi connectivity index (χ2n) is 7.01. The smallest absolute Gasteiger partial charge is 0.339 e. The standard InChI is InChI=1S/C23H18ClN3O4S/c24-20-10-5-11-21(22(20)23(28)29)26-32(30,31)19-9-4-8-17(12-19)18-13-25-27(15-18)14-16-6-2-1-3-7-16/h1-13,15,26H,14H2,(H,28,29). The number of nitrogens with one attached hydrogen (secondary N) is 1. The molecule has 7 nitrogen and oxygen atoms in total. The Bertz CT molecular complexity index is 1390. The molecule has 0 saturated heterocycles. The maximum Gasteiger partial charge on any atom is 0.339 e. The molecule has 0 aliphatic rings. The fourth-order valence-corrected chi connectivity index (χ4v) is 4.62. The minimum atomic E-state index is -4.06. The van der Waals surface area contributed by atoms with Gasteiger partial charge in [-0.25, -0.2) is 13.2 Å². The van der Waals surface area contributed by atoms with E-state index in [-0.39, 0.29) is 21.2 Å². The van der Waals surface area contributed by atoms with Gasteiger partial charge >= 0.3 is 5.97 Å². The maximum absolute atomic E-state index is 12.9. The monoisotopic (exact) mass is 467 g/mol. The van der Waals surface area contributed by atoms with Gasteiger partial charge < -0.3 is 5.11 Å². The normalized spacial score (nSPS) is 11.3. The Morgan fingerprint density at radius 2 is 1.75 bits per heavy atom. The van der Waals surface area contributed by atoms with Gasteiger partial charge in [-0.15, -0.1) is 0 Å². The molecule has 32 heavy (non-hydrogen) atoms. The molecule has 162 valence electrons. The highest BCUT2D eigenvalue weighted by atomic mass is 35.5. The maximum atomic E-state index is 12.9. The van der Waals surface area contributed by atoms with Crippen molar-refractivity contribution in [3.63, 3.8) is 0 Å². The Morgan fingerprint density at radius 3 is 2.50 bits per heavy atom. The summed E-state index contributed by atoms with van der Waals surface area (Å²) in [6.45, 7) is 0.590. The number of hydrogen-bond donors (Lipinski definition) is 2. The fourth-order valence-electron chi connectivity index (χ4n) is 3.24. The van der Waals surface area contributed by atoms with E-state index in [1.165, 1.54) is 30.3 Å². The van der Waals surface area contributed by atoms with E-state index >= 15 is 0 Å². The van der Waals surface area contributed by atoms with Crippen LogP contribution in [0.25, 0.3) is 11.1 Å². The topological polar surface area (TPSA) is 101 Å². The third-order valence-corrected chi connectivity index (χ3v) is 6.45. The van der Waals surface area contributed by atoms with E-state index < -0.39 is 16.0 Å². The van der Waals surface area contributed by atoms with Crippen LogP contribution in [0.4, 0.5) is 5.69 Å². The van der Waals surface area contributed by atoms with Crippen molar-refractivity contribution in [2.45, 2.75) is 11.4 Å². The van der Waals surface area contributed by atoms with Crippen LogP contribution in [0.1, 0.15) is 15.9 Å². The van der Waals surface area contributed by atoms with Crippen LogP contribution in [-0.4, -0.2) is 29.3 Å². The first-order valence-corrected chi connectivity index (χ1v) is 11.4. The van der Waals surface area contributed by atoms with Crippen LogP contribution in [0.5, 0.6) is 0 Å². The molecule has 1 aromatic heterocycles. The van der Waals surface area contributed by atoms with Crippen LogP contribution >= 0.6 is 11.6 Å². The summed E-state index contributed by atoms with van der Waals surface area (Å²) in [5, 5.41) is 13.7. The van der Waals surface area contributed by atoms with Crippen molar-refractivity contribution >= 4 is 33.3 Å². The van der Waals surface area contributed by atoms with Gasteiger partial charge in [-0.1, -0.05) is 60.1 Å². The predicted molar refractivity (Wildman–Crippen MR) is 122 cm³/mol. The summed E-state index contributed by atoms with van der Waals surface area (Å²) < 4.78 is 30.0. The first-order chi connectivity index (χ1) is 15.3. The van der Waals surface area contributed by atoms with Crippen LogP contribution in [-0.2, 0) is 16.6 Å². The van der Waals surface area contributed by atoms with Crippen LogP contribution < -0.4 is 4.72 Å². The summed E-state index contributed by atoms with van der Waals surface area (Å²) in [7, 11) is -4.06. The molecule has 0 aliphatic heterocycles. The second-order valence-corrected chi connectivity index (χ2v) is 9.10. The lowest BCUT2D eigenvalue weighted by Crippen LogP contribution is -2.16. The Hall–Kier alpha value is -3.62. The molecule has 0 bridgehead atoms. The molecule has 0 atom stereocenters. The number of benzene rings is 3. The number of sulfonamides is 1. The summed E-state index contributed by atoms with van der Waals surface area (Å²) in [6, 6.07) is 20.4. The number of halogens is 1. The summed E-state index contributed by atoms with van der Waals surface area (Å²) in [5.74, 6) is -1.33. The van der Waals surface area contributed by atoms with E-state index in [0.717, 1.165) is 11.1 Å². The summed E-state index contributed by atoms with van der Waals surface area (Å²) in [5.41, 5.74) is 2.10. The highest BCUT2D eigenvalue weighted by Gasteiger charge is 2.21. The molecule has 0 radical (unpaired) electrons. The lowest BCUT2D eigenvalue weighted by molar-refractivity contribution is 0.0698. The molecule has 1 heterocycles. The van der Waals surface area contributed by atoms with E-state index in [1.807, 2.05) is 36.5 Å². The minimum Gasteiger partial charge on any atom is -0.478 e. The van der Waals surface area contributed by atoms with Crippen molar-refractivity contribution < 1.29 is 18.3 Å². The van der Waals surface area contributed by atoms with Crippen molar-refractivity contribution in [1.82, 2.24) is 9.78 Å². The van der Waals surface area contributed by atoms with E-state index in [2.05, 4.69) is 9.82 Å². The molecule has 0 spiro atoms. The second kappa shape index (κ2) is 8.86. The lowest BCUT2D eigenvalue weighted by Gasteiger charge is -2.12. The van der Waals surface area contributed by atoms with E-state index in [1.54, 1.807) is 23.0 Å². The Morgan fingerprint density at radius 1 is 1.00 bits per heavy atom. The van der Waals surface area contributed by atoms with Gasteiger partial charge in [0.1, 0.15) is 5.56 Å². The van der Waals surface area contributed by atoms with Gasteiger partial charge in [0.15, 0.2) is 0 Å². The van der Waals surface area contributed by atoms with Gasteiger partial charge in [-0.3, -0.25) is 9.40 Å². The fraction of sp³-hybridized carbons (Fsp3) is 0.0435. The number of anilines is 1. The molecule has 3 aromatic carbocycles. The molecule has 0 aliphatic carbocycles. The zero-order valence-corrected chi connectivity index (χ0v) is 18.2. The van der Waals surface area contributed by atoms with Gasteiger partial charge in [-0.05, 0) is 35.4 Å². The summed E-state index contributed by atoms with van der Waals surface area (Å²) in [6.07, 6.45) is 3.51. The Kier molecular flexibility index (Phi) is 5.98. The number of aromatic nitrogens is 2. The van der Waals surface area contributed by atoms with Crippen molar-refractivity contribution in [2.24, 2.45) is 0 Å². The lowest BCUT2D eigenvalue weighted by atomic mass is 10.1. The third-order valence-electron chi connectivity index (χ3n) is 4.77. The van der Waals surface area contributed by atoms with Gasteiger partial charge in [-0.2, -0.15) is 5.10 Å². The van der Waals surface area contributed by atoms with Crippen molar-refractivity contribution in [1.29, 1.82) is 0 Å². The molecule has 2 N–H and O–H groups in total. The van der Waals surface area contributed by atoms with Crippen molar-refractivity contribution in [3.05, 3.63) is 101 Å². The number of nitrogens with zero attached hydrogens (tertiary/aromatic N) is 2. The number of aromatic carboxylic acids is 1. The zero-order valence-electron chi connectivity index (χ0n) is 16.6. The predicted octanol–water partition coefficient (Wildman–Crippen LogP) is 4.75. The van der Waals surface area contributed by atoms with Crippen LogP contribution in [0, 0.1) is 0 Å². The number of carboxylic acid groups (broad SMARTS) is 1. The minimum absolute atomic E-state index is 0.0119. The quantitative estimate of drug-likeness (QED) is 0.408. The van der Waals surface area contributed by atoms with Crippen LogP contribution in [0.15, 0.2) is 90.1 Å². The largest absolute Gasteiger partial charge is 0.478 e. The van der Waals surface area contributed by atoms with E-state index in [9.17, 15) is 18.3 Å². The Labute approximate surface area is 190 Å². The van der Waals surface area contributed by atoms with Crippen molar-refractivity contribution in [3.8, 4) is 11.1 Å². The summed E-state index contributed by atoms with van der Waals surface area (Å²) >= 11 is 5.94. The van der Waals surface area contributed by atoms with Gasteiger partial charge in [0, 0.05) is 11.8 Å². The number of hydrogen-bond acceptors (Lipinski definition) is 4. The SMILES string of the molecule is O=C(O)c1c(Cl)cccc1NS(=O)(=O)c1cccc(-c2cnn(Cc3ccccc3)c2)c1. The molecule has 4 rings (SSSR count). The zero-order chi connectivity index (χ0) is 22.7. The van der Waals surface area contributed by atoms with Gasteiger partial charge in [0.05, 0.1) is 28.3 Å². The highest BCUT2D eigenvalue weighted by molar-refractivity contribution is 7.92. The number of carbonyl (C=O) groups is 1. The molecule has 9 heteroatoms. The first-order valence-electron chi connectivity index (χ1n) is 9.55. The third kappa shape index (κ3) is 4.66. The van der Waals surface area contributed by atoms with E-state index in [0.29, 0.717) is 12.1 Å². The van der Waals surface area contributed by atoms with Crippen LogP contribution in [0.3, 0.4) is 0 Å². The molecule has 0 amide bonds. The van der Waals surface area contributed by atoms with Gasteiger partial charge in [0.25, 0.3) is 10.0 Å². The first kappa shape index (κ1) is 21.6. The molecule has 0 fully saturated rings. The van der Waals surface area contributed by atoms with Crippen LogP contribution in [0.2, 0.25) is 5.02 Å².